The van der Waals surface area contributed by atoms with Crippen LogP contribution in [0.1, 0.15) is 36.5 Å². The van der Waals surface area contributed by atoms with E-state index in [4.69, 9.17) is 4.74 Å². The molecule has 27 heavy (non-hydrogen) atoms. The molecule has 0 saturated carbocycles. The Hall–Kier alpha value is -3.08. The monoisotopic (exact) mass is 363 g/mol. The van der Waals surface area contributed by atoms with E-state index in [9.17, 15) is 4.79 Å². The van der Waals surface area contributed by atoms with Crippen LogP contribution in [0.2, 0.25) is 0 Å². The van der Waals surface area contributed by atoms with Crippen LogP contribution in [-0.4, -0.2) is 16.7 Å². The predicted octanol–water partition coefficient (Wildman–Crippen LogP) is 4.48. The summed E-state index contributed by atoms with van der Waals surface area (Å²) in [4.78, 5) is 16.5. The zero-order valence-corrected chi connectivity index (χ0v) is 16.2. The average molecular weight is 363 g/mol. The van der Waals surface area contributed by atoms with Gasteiger partial charge in [0.1, 0.15) is 0 Å². The number of aromatic nitrogens is 2. The third-order valence-corrected chi connectivity index (χ3v) is 4.55. The Bertz CT molecular complexity index is 979. The maximum atomic E-state index is 12.2. The van der Waals surface area contributed by atoms with Crippen molar-refractivity contribution in [2.45, 2.75) is 33.2 Å². The summed E-state index contributed by atoms with van der Waals surface area (Å²) in [7, 11) is 1.48. The molecule has 0 saturated heterocycles. The van der Waals surface area contributed by atoms with Gasteiger partial charge in [-0.3, -0.25) is 4.79 Å². The van der Waals surface area contributed by atoms with Gasteiger partial charge < -0.3 is 14.6 Å². The highest BCUT2D eigenvalue weighted by molar-refractivity contribution is 5.60. The molecule has 0 unspecified atom stereocenters. The number of rotatable bonds is 6. The van der Waals surface area contributed by atoms with Crippen molar-refractivity contribution in [1.82, 2.24) is 9.55 Å². The van der Waals surface area contributed by atoms with E-state index in [0.717, 1.165) is 16.8 Å². The van der Waals surface area contributed by atoms with E-state index in [-0.39, 0.29) is 11.3 Å². The average Bonchev–Trinajstić information content (AvgIpc) is 2.66. The van der Waals surface area contributed by atoms with Crippen molar-refractivity contribution >= 4 is 11.6 Å². The quantitative estimate of drug-likeness (QED) is 0.702. The highest BCUT2D eigenvalue weighted by atomic mass is 16.5. The van der Waals surface area contributed by atoms with Crippen LogP contribution in [0.4, 0.5) is 11.6 Å². The molecule has 5 nitrogen and oxygen atoms in total. The lowest BCUT2D eigenvalue weighted by molar-refractivity contribution is 0.402. The fourth-order valence-corrected chi connectivity index (χ4v) is 2.87. The molecule has 2 aromatic carbocycles. The van der Waals surface area contributed by atoms with Crippen molar-refractivity contribution in [2.75, 3.05) is 12.4 Å². The third kappa shape index (κ3) is 4.37. The minimum Gasteiger partial charge on any atom is -0.490 e. The standard InChI is InChI=1S/C22H25N3O2/c1-15(2)18-11-10-16(3)19(12-18)23-22-24-21(26)20(27-4)14-25(22)13-17-8-6-5-7-9-17/h5-12,14-15H,13H2,1-4H3,(H,23,24,26). The maximum absolute atomic E-state index is 12.2. The van der Waals surface area contributed by atoms with Gasteiger partial charge in [-0.15, -0.1) is 0 Å². The molecule has 3 aromatic rings. The summed E-state index contributed by atoms with van der Waals surface area (Å²) >= 11 is 0. The molecule has 1 aromatic heterocycles. The lowest BCUT2D eigenvalue weighted by atomic mass is 10.0. The topological polar surface area (TPSA) is 56.1 Å². The smallest absolute Gasteiger partial charge is 0.316 e. The summed E-state index contributed by atoms with van der Waals surface area (Å²) < 4.78 is 7.08. The molecule has 140 valence electrons. The third-order valence-electron chi connectivity index (χ3n) is 4.55. The second-order valence-corrected chi connectivity index (χ2v) is 6.91. The molecular weight excluding hydrogens is 338 g/mol. The van der Waals surface area contributed by atoms with Crippen LogP contribution in [0, 0.1) is 6.92 Å². The number of benzene rings is 2. The summed E-state index contributed by atoms with van der Waals surface area (Å²) in [6, 6.07) is 16.4. The van der Waals surface area contributed by atoms with Gasteiger partial charge in [-0.1, -0.05) is 56.3 Å². The first-order valence-corrected chi connectivity index (χ1v) is 9.05. The summed E-state index contributed by atoms with van der Waals surface area (Å²) in [5.74, 6) is 1.14. The zero-order chi connectivity index (χ0) is 19.4. The van der Waals surface area contributed by atoms with E-state index >= 15 is 0 Å². The van der Waals surface area contributed by atoms with Crippen LogP contribution in [0.3, 0.4) is 0 Å². The summed E-state index contributed by atoms with van der Waals surface area (Å²) in [5.41, 5.74) is 3.99. The van der Waals surface area contributed by atoms with E-state index in [1.807, 2.05) is 41.8 Å². The van der Waals surface area contributed by atoms with Gasteiger partial charge in [0.05, 0.1) is 19.9 Å². The number of nitrogens with one attached hydrogen (secondary N) is 1. The molecule has 0 fully saturated rings. The first-order chi connectivity index (χ1) is 13.0. The molecule has 0 aliphatic carbocycles. The molecule has 0 aliphatic rings. The molecule has 0 bridgehead atoms. The summed E-state index contributed by atoms with van der Waals surface area (Å²) in [6.45, 7) is 6.93. The number of aryl methyl sites for hydroxylation is 1. The number of methoxy groups -OCH3 is 1. The van der Waals surface area contributed by atoms with Crippen LogP contribution in [0.5, 0.6) is 5.75 Å². The SMILES string of the molecule is COc1cn(Cc2ccccc2)c(Nc2cc(C(C)C)ccc2C)nc1=O. The van der Waals surface area contributed by atoms with E-state index in [1.165, 1.54) is 12.7 Å². The van der Waals surface area contributed by atoms with E-state index < -0.39 is 0 Å². The Kier molecular flexibility index (Phi) is 5.60. The lowest BCUT2D eigenvalue weighted by Crippen LogP contribution is -2.19. The van der Waals surface area contributed by atoms with Crippen molar-refractivity contribution in [3.8, 4) is 5.75 Å². The highest BCUT2D eigenvalue weighted by Crippen LogP contribution is 2.25. The van der Waals surface area contributed by atoms with Gasteiger partial charge in [0.25, 0.3) is 0 Å². The molecule has 0 aliphatic heterocycles. The fraction of sp³-hybridized carbons (Fsp3) is 0.273. The predicted molar refractivity (Wildman–Crippen MR) is 109 cm³/mol. The van der Waals surface area contributed by atoms with Gasteiger partial charge in [0, 0.05) is 5.69 Å². The molecule has 5 heteroatoms. The van der Waals surface area contributed by atoms with Crippen molar-refractivity contribution in [2.24, 2.45) is 0 Å². The fourth-order valence-electron chi connectivity index (χ4n) is 2.87. The van der Waals surface area contributed by atoms with Crippen LogP contribution >= 0.6 is 0 Å². The van der Waals surface area contributed by atoms with Crippen LogP contribution in [0.25, 0.3) is 0 Å². The van der Waals surface area contributed by atoms with E-state index in [2.05, 4.69) is 42.3 Å². The van der Waals surface area contributed by atoms with Gasteiger partial charge in [-0.2, -0.15) is 4.98 Å². The number of hydrogen-bond acceptors (Lipinski definition) is 4. The number of nitrogens with zero attached hydrogens (tertiary/aromatic N) is 2. The molecule has 3 rings (SSSR count). The Labute approximate surface area is 159 Å². The second-order valence-electron chi connectivity index (χ2n) is 6.91. The molecular formula is C22H25N3O2. The Morgan fingerprint density at radius 1 is 1.15 bits per heavy atom. The summed E-state index contributed by atoms with van der Waals surface area (Å²) in [6.07, 6.45) is 1.70. The second kappa shape index (κ2) is 8.08. The van der Waals surface area contributed by atoms with E-state index in [1.54, 1.807) is 6.20 Å². The van der Waals surface area contributed by atoms with Crippen molar-refractivity contribution in [3.63, 3.8) is 0 Å². The molecule has 0 spiro atoms. The molecule has 0 amide bonds. The minimum atomic E-state index is -0.387. The van der Waals surface area contributed by atoms with Crippen LogP contribution < -0.4 is 15.6 Å². The Balaban J connectivity index is 2.03. The van der Waals surface area contributed by atoms with Gasteiger partial charge in [-0.25, -0.2) is 0 Å². The molecule has 0 atom stereocenters. The van der Waals surface area contributed by atoms with Crippen molar-refractivity contribution < 1.29 is 4.74 Å². The Morgan fingerprint density at radius 3 is 2.56 bits per heavy atom. The maximum Gasteiger partial charge on any atom is 0.316 e. The number of anilines is 2. The molecule has 1 heterocycles. The van der Waals surface area contributed by atoms with Crippen LogP contribution in [0.15, 0.2) is 59.5 Å². The lowest BCUT2D eigenvalue weighted by Gasteiger charge is -2.17. The van der Waals surface area contributed by atoms with Crippen molar-refractivity contribution in [1.29, 1.82) is 0 Å². The molecule has 1 N–H and O–H groups in total. The number of hydrogen-bond donors (Lipinski definition) is 1. The highest BCUT2D eigenvalue weighted by Gasteiger charge is 2.12. The largest absolute Gasteiger partial charge is 0.490 e. The first-order valence-electron chi connectivity index (χ1n) is 9.05. The first kappa shape index (κ1) is 18.7. The minimum absolute atomic E-state index is 0.226. The zero-order valence-electron chi connectivity index (χ0n) is 16.2. The van der Waals surface area contributed by atoms with Gasteiger partial charge >= 0.3 is 5.56 Å². The number of ether oxygens (including phenoxy) is 1. The Morgan fingerprint density at radius 2 is 1.89 bits per heavy atom. The summed E-state index contributed by atoms with van der Waals surface area (Å²) in [5, 5.41) is 3.34. The van der Waals surface area contributed by atoms with Gasteiger partial charge in [0.15, 0.2) is 0 Å². The van der Waals surface area contributed by atoms with Gasteiger partial charge in [-0.05, 0) is 35.6 Å². The normalized spacial score (nSPS) is 10.9. The van der Waals surface area contributed by atoms with Gasteiger partial charge in [0.2, 0.25) is 11.7 Å². The van der Waals surface area contributed by atoms with Crippen LogP contribution in [-0.2, 0) is 6.54 Å². The van der Waals surface area contributed by atoms with Crippen molar-refractivity contribution in [3.05, 3.63) is 81.8 Å². The van der Waals surface area contributed by atoms with E-state index in [0.29, 0.717) is 18.4 Å². The molecule has 0 radical (unpaired) electrons.